The summed E-state index contributed by atoms with van der Waals surface area (Å²) in [7, 11) is 0. The van der Waals surface area contributed by atoms with Crippen LogP contribution in [0.15, 0.2) is 0 Å². The fraction of sp³-hybridized carbons (Fsp3) is 0.500. The summed E-state index contributed by atoms with van der Waals surface area (Å²) in [6.07, 6.45) is 0. The largest absolute Gasteiger partial charge is 0.497 e. The maximum absolute atomic E-state index is 9.41. The lowest BCUT2D eigenvalue weighted by molar-refractivity contribution is 0.220. The van der Waals surface area contributed by atoms with Crippen molar-refractivity contribution in [3.05, 3.63) is 0 Å². The summed E-state index contributed by atoms with van der Waals surface area (Å²) in [5.41, 5.74) is 0. The Kier molecular flexibility index (Phi) is 2.25. The van der Waals surface area contributed by atoms with E-state index in [0.29, 0.717) is 0 Å². The first kappa shape index (κ1) is 5.00. The number of carbonyl (C=O) groups is 1. The quantitative estimate of drug-likeness (QED) is 0.470. The zero-order chi connectivity index (χ0) is 4.28. The highest BCUT2D eigenvalue weighted by molar-refractivity contribution is 6.70. The first-order valence-electron chi connectivity index (χ1n) is 1.29. The Hall–Kier alpha value is 0.00247. The molecule has 0 saturated carbocycles. The van der Waals surface area contributed by atoms with Crippen molar-refractivity contribution in [2.75, 3.05) is 0 Å². The Balaban J connectivity index is 2.85. The number of rotatable bonds is 1. The van der Waals surface area contributed by atoms with Gasteiger partial charge >= 0.3 is 15.2 Å². The van der Waals surface area contributed by atoms with Crippen LogP contribution in [0.5, 0.6) is 0 Å². The molecule has 3 heteroatoms. The molecule has 0 aliphatic rings. The summed E-state index contributed by atoms with van der Waals surface area (Å²) in [6.45, 7) is 0. The lowest BCUT2D eigenvalue weighted by Gasteiger charge is -1.69. The van der Waals surface area contributed by atoms with E-state index >= 15 is 0 Å². The zero-order valence-corrected chi connectivity index (χ0v) is 4.09. The van der Waals surface area contributed by atoms with Crippen molar-refractivity contribution >= 4 is 20.1 Å². The molecule has 0 aliphatic carbocycles. The van der Waals surface area contributed by atoms with Crippen LogP contribution >= 0.6 is 0 Å². The van der Waals surface area contributed by atoms with E-state index in [9.17, 15) is 4.79 Å². The van der Waals surface area contributed by atoms with E-state index in [2.05, 4.69) is 0 Å². The fourth-order valence-corrected chi connectivity index (χ4v) is 0. The molecular formula is C2H4AlO2. The molecule has 5 heavy (non-hydrogen) atoms. The summed E-state index contributed by atoms with van der Waals surface area (Å²) in [4.78, 5) is 8.74. The summed E-state index contributed by atoms with van der Waals surface area (Å²) in [5, 5.41) is 7.76. The molecule has 0 aromatic heterocycles. The standard InChI is InChI=1S/CHO2.CH3.Al/c2-1-3;;/h(H,2,3);1H3;. The summed E-state index contributed by atoms with van der Waals surface area (Å²) in [6, 6.07) is 0. The molecule has 0 atom stereocenters. The van der Waals surface area contributed by atoms with Gasteiger partial charge in [-0.25, -0.2) is 0 Å². The molecular weight excluding hydrogens is 83.0 g/mol. The van der Waals surface area contributed by atoms with Gasteiger partial charge in [0.1, 0.15) is 0 Å². The van der Waals surface area contributed by atoms with Crippen molar-refractivity contribution in [2.24, 2.45) is 0 Å². The van der Waals surface area contributed by atoms with E-state index in [1.54, 1.807) is 5.79 Å². The number of hydrogen-bond donors (Lipinski definition) is 1. The first-order chi connectivity index (χ1) is 2.27. The van der Waals surface area contributed by atoms with Crippen molar-refractivity contribution in [2.45, 2.75) is 5.79 Å². The third-order valence-corrected chi connectivity index (χ3v) is 0.741. The van der Waals surface area contributed by atoms with E-state index in [4.69, 9.17) is 5.11 Å². The van der Waals surface area contributed by atoms with Gasteiger partial charge in [0, 0.05) is 0 Å². The van der Waals surface area contributed by atoms with Crippen LogP contribution in [0.1, 0.15) is 0 Å². The highest BCUT2D eigenvalue weighted by Crippen LogP contribution is 1.56. The van der Waals surface area contributed by atoms with Crippen molar-refractivity contribution in [1.82, 2.24) is 0 Å². The third kappa shape index (κ3) is 4.00. The maximum atomic E-state index is 9.41. The second kappa shape index (κ2) is 2.25. The Morgan fingerprint density at radius 1 is 2.00 bits per heavy atom. The van der Waals surface area contributed by atoms with Crippen LogP contribution in [0.3, 0.4) is 0 Å². The van der Waals surface area contributed by atoms with E-state index in [1.807, 2.05) is 0 Å². The molecule has 0 spiro atoms. The Labute approximate surface area is 36.5 Å². The molecule has 0 amide bonds. The zero-order valence-electron chi connectivity index (χ0n) is 2.93. The molecule has 0 aliphatic heterocycles. The minimum Gasteiger partial charge on any atom is -0.497 e. The van der Waals surface area contributed by atoms with Crippen LogP contribution in [0.2, 0.25) is 5.79 Å². The maximum Gasteiger partial charge on any atom is 0.382 e. The molecule has 1 N–H and O–H groups in total. The van der Waals surface area contributed by atoms with Gasteiger partial charge < -0.3 is 5.11 Å². The lowest BCUT2D eigenvalue weighted by atomic mass is 11.6. The van der Waals surface area contributed by atoms with Crippen LogP contribution in [0.4, 0.5) is 4.79 Å². The average molecular weight is 87.0 g/mol. The lowest BCUT2D eigenvalue weighted by Crippen LogP contribution is -1.97. The van der Waals surface area contributed by atoms with Crippen LogP contribution < -0.4 is 0 Å². The van der Waals surface area contributed by atoms with Gasteiger partial charge in [-0.1, -0.05) is 0 Å². The predicted molar refractivity (Wildman–Crippen MR) is 19.6 cm³/mol. The molecule has 0 fully saturated rings. The Morgan fingerprint density at radius 2 is 2.20 bits per heavy atom. The summed E-state index contributed by atoms with van der Waals surface area (Å²) >= 11 is -0.352. The van der Waals surface area contributed by atoms with Gasteiger partial charge in [0.05, 0.1) is 0 Å². The molecule has 0 rings (SSSR count). The molecule has 0 aromatic carbocycles. The fourth-order valence-electron chi connectivity index (χ4n) is 0. The van der Waals surface area contributed by atoms with E-state index in [0.717, 1.165) is 0 Å². The van der Waals surface area contributed by atoms with E-state index < -0.39 is 4.83 Å². The van der Waals surface area contributed by atoms with Crippen molar-refractivity contribution in [3.8, 4) is 0 Å². The van der Waals surface area contributed by atoms with Crippen LogP contribution in [0.25, 0.3) is 0 Å². The summed E-state index contributed by atoms with van der Waals surface area (Å²) in [5.74, 6) is 1.68. The second-order valence-electron chi connectivity index (χ2n) is 0.627. The highest BCUT2D eigenvalue weighted by Gasteiger charge is 1.87. The van der Waals surface area contributed by atoms with Gasteiger partial charge in [-0.2, -0.15) is 0 Å². The molecule has 0 heterocycles. The van der Waals surface area contributed by atoms with Gasteiger partial charge in [0.2, 0.25) is 0 Å². The van der Waals surface area contributed by atoms with Crippen LogP contribution in [-0.2, 0) is 0 Å². The molecule has 0 bridgehead atoms. The molecule has 27 valence electrons. The van der Waals surface area contributed by atoms with Crippen LogP contribution in [0, 0.1) is 0 Å². The highest BCUT2D eigenvalue weighted by atomic mass is 27.1. The van der Waals surface area contributed by atoms with E-state index in [1.165, 1.54) is 0 Å². The van der Waals surface area contributed by atoms with Gasteiger partial charge in [0.15, 0.2) is 4.83 Å². The number of carboxylic acid groups (broad SMARTS) is 1. The van der Waals surface area contributed by atoms with Gasteiger partial charge in [0.25, 0.3) is 0 Å². The third-order valence-electron chi connectivity index (χ3n) is 0.247. The normalized spacial score (nSPS) is 6.60. The minimum atomic E-state index is -0.662. The predicted octanol–water partition coefficient (Wildman–Crippen LogP) is 0.417. The second-order valence-corrected chi connectivity index (χ2v) is 1.70. The van der Waals surface area contributed by atoms with Crippen molar-refractivity contribution < 1.29 is 9.90 Å². The SMILES string of the molecule is [CH3][Al][C](=O)O. The monoisotopic (exact) mass is 87.0 g/mol. The molecule has 0 aromatic rings. The van der Waals surface area contributed by atoms with Gasteiger partial charge in [-0.05, 0) is 0 Å². The molecule has 0 unspecified atom stereocenters. The van der Waals surface area contributed by atoms with Gasteiger partial charge in [-0.15, -0.1) is 5.79 Å². The number of hydrogen-bond acceptors (Lipinski definition) is 1. The van der Waals surface area contributed by atoms with Crippen molar-refractivity contribution in [1.29, 1.82) is 0 Å². The smallest absolute Gasteiger partial charge is 0.382 e. The molecule has 1 radical (unpaired) electrons. The molecule has 0 saturated heterocycles. The molecule has 2 nitrogen and oxygen atoms in total. The van der Waals surface area contributed by atoms with Gasteiger partial charge in [-0.3, -0.25) is 4.79 Å². The summed E-state index contributed by atoms with van der Waals surface area (Å²) < 4.78 is 0. The topological polar surface area (TPSA) is 37.3 Å². The first-order valence-corrected chi connectivity index (χ1v) is 3.03. The Bertz CT molecular complexity index is 42.9. The average Bonchev–Trinajstić information content (AvgIpc) is 1.38. The Morgan fingerprint density at radius 3 is 2.20 bits per heavy atom. The minimum absolute atomic E-state index is 0.352. The van der Waals surface area contributed by atoms with Crippen molar-refractivity contribution in [3.63, 3.8) is 0 Å². The van der Waals surface area contributed by atoms with E-state index in [-0.39, 0.29) is 15.2 Å². The van der Waals surface area contributed by atoms with Crippen LogP contribution in [-0.4, -0.2) is 25.2 Å².